The van der Waals surface area contributed by atoms with Crippen molar-refractivity contribution in [3.8, 4) is 0 Å². The summed E-state index contributed by atoms with van der Waals surface area (Å²) in [4.78, 5) is 0. The van der Waals surface area contributed by atoms with Gasteiger partial charge in [-0.25, -0.2) is 0 Å². The van der Waals surface area contributed by atoms with Crippen LogP contribution in [0.25, 0.3) is 0 Å². The minimum Gasteiger partial charge on any atom is -0.129 e. The molecule has 0 radical (unpaired) electrons. The lowest BCUT2D eigenvalue weighted by molar-refractivity contribution is 0.0126. The predicted molar refractivity (Wildman–Crippen MR) is 107 cm³/mol. The van der Waals surface area contributed by atoms with Crippen molar-refractivity contribution in [2.45, 2.75) is 55.4 Å². The molecule has 0 saturated heterocycles. The fraction of sp³-hybridized carbons (Fsp3) is 0.885. The van der Waals surface area contributed by atoms with Gasteiger partial charge in [0, 0.05) is 0 Å². The van der Waals surface area contributed by atoms with E-state index >= 15 is 0 Å². The van der Waals surface area contributed by atoms with Gasteiger partial charge in [0.25, 0.3) is 0 Å². The van der Waals surface area contributed by atoms with Crippen LogP contribution in [0, 0.1) is 87.3 Å². The Morgan fingerprint density at radius 3 is 1.35 bits per heavy atom. The maximum Gasteiger partial charge on any atom is -0.00660 e. The standard InChI is InChI=1S/C26H38/c1-12-13(2)21-19-18(20(12)25(21,5)6)22-16-14-10-9-11-15(24(14,3)4)17(16)23(19)26(22,7)8/h10-23H,1-8H3. The average molecular weight is 351 g/mol. The van der Waals surface area contributed by atoms with Crippen LogP contribution in [0.4, 0.5) is 0 Å². The highest BCUT2D eigenvalue weighted by Gasteiger charge is 2.81. The number of allylic oxidation sites excluding steroid dienone is 1. The van der Waals surface area contributed by atoms with Crippen molar-refractivity contribution in [3.63, 3.8) is 0 Å². The molecule has 26 heavy (non-hydrogen) atoms. The zero-order valence-electron chi connectivity index (χ0n) is 18.1. The highest BCUT2D eigenvalue weighted by molar-refractivity contribution is 5.32. The van der Waals surface area contributed by atoms with E-state index in [1.165, 1.54) is 0 Å². The molecule has 6 rings (SSSR count). The van der Waals surface area contributed by atoms with Crippen molar-refractivity contribution in [3.05, 3.63) is 17.9 Å². The van der Waals surface area contributed by atoms with Crippen molar-refractivity contribution >= 4 is 0 Å². The molecular weight excluding hydrogens is 312 g/mol. The van der Waals surface area contributed by atoms with E-state index in [9.17, 15) is 0 Å². The van der Waals surface area contributed by atoms with Gasteiger partial charge in [0.2, 0.25) is 0 Å². The summed E-state index contributed by atoms with van der Waals surface area (Å²) in [6.07, 6.45) is 4.99. The van der Waals surface area contributed by atoms with Gasteiger partial charge in [-0.3, -0.25) is 0 Å². The Morgan fingerprint density at radius 1 is 0.538 bits per heavy atom. The third-order valence-electron chi connectivity index (χ3n) is 11.9. The summed E-state index contributed by atoms with van der Waals surface area (Å²) in [7, 11) is 0. The van der Waals surface area contributed by atoms with Gasteiger partial charge in [0.15, 0.2) is 0 Å². The molecule has 0 nitrogen and oxygen atoms in total. The third kappa shape index (κ3) is 1.36. The van der Waals surface area contributed by atoms with Gasteiger partial charge < -0.3 is 0 Å². The van der Waals surface area contributed by atoms with Crippen LogP contribution in [0.15, 0.2) is 17.9 Å². The lowest BCUT2D eigenvalue weighted by Crippen LogP contribution is -2.42. The zero-order valence-corrected chi connectivity index (χ0v) is 18.1. The molecule has 0 aliphatic heterocycles. The first-order valence-electron chi connectivity index (χ1n) is 11.5. The van der Waals surface area contributed by atoms with E-state index in [2.05, 4.69) is 73.3 Å². The molecule has 0 aromatic heterocycles. The third-order valence-corrected chi connectivity index (χ3v) is 11.9. The van der Waals surface area contributed by atoms with Crippen LogP contribution in [0.5, 0.6) is 0 Å². The highest BCUT2D eigenvalue weighted by Crippen LogP contribution is 2.85. The Kier molecular flexibility index (Phi) is 2.69. The maximum atomic E-state index is 3.61. The molecule has 12 atom stereocenters. The number of fused-ring (bicyclic) bond motifs is 16. The lowest BCUT2D eigenvalue weighted by Gasteiger charge is -2.46. The first-order valence-corrected chi connectivity index (χ1v) is 11.5. The second-order valence-corrected chi connectivity index (χ2v) is 13.1. The smallest absolute Gasteiger partial charge is 0.00660 e. The molecule has 0 N–H and O–H groups in total. The predicted octanol–water partition coefficient (Wildman–Crippen LogP) is 6.29. The van der Waals surface area contributed by atoms with E-state index in [0.29, 0.717) is 16.2 Å². The van der Waals surface area contributed by atoms with Crippen molar-refractivity contribution in [2.75, 3.05) is 0 Å². The van der Waals surface area contributed by atoms with Gasteiger partial charge in [0.1, 0.15) is 0 Å². The van der Waals surface area contributed by atoms with Crippen LogP contribution >= 0.6 is 0 Å². The second kappa shape index (κ2) is 4.25. The zero-order chi connectivity index (χ0) is 18.5. The minimum absolute atomic E-state index is 0.456. The summed E-state index contributed by atoms with van der Waals surface area (Å²) in [5.74, 6) is 11.1. The Morgan fingerprint density at radius 2 is 0.923 bits per heavy atom. The van der Waals surface area contributed by atoms with E-state index in [-0.39, 0.29) is 0 Å². The first kappa shape index (κ1) is 16.5. The molecule has 0 aromatic rings. The highest BCUT2D eigenvalue weighted by atomic mass is 14.9. The summed E-state index contributed by atoms with van der Waals surface area (Å²) in [5, 5.41) is 0. The van der Waals surface area contributed by atoms with Gasteiger partial charge in [-0.2, -0.15) is 0 Å². The maximum absolute atomic E-state index is 3.61. The van der Waals surface area contributed by atoms with E-state index in [4.69, 9.17) is 0 Å². The summed E-state index contributed by atoms with van der Waals surface area (Å²) >= 11 is 0. The lowest BCUT2D eigenvalue weighted by atomic mass is 9.58. The van der Waals surface area contributed by atoms with E-state index in [1.807, 2.05) is 0 Å². The Bertz CT molecular complexity index is 690. The molecule has 5 fully saturated rings. The van der Waals surface area contributed by atoms with Crippen molar-refractivity contribution in [2.24, 2.45) is 87.3 Å². The summed E-state index contributed by atoms with van der Waals surface area (Å²) < 4.78 is 0. The second-order valence-electron chi connectivity index (χ2n) is 13.1. The number of hydrogen-bond acceptors (Lipinski definition) is 0. The van der Waals surface area contributed by atoms with Gasteiger partial charge in [-0.1, -0.05) is 55.4 Å². The van der Waals surface area contributed by atoms with Gasteiger partial charge in [0.05, 0.1) is 0 Å². The fourth-order valence-corrected chi connectivity index (χ4v) is 11.6. The van der Waals surface area contributed by atoms with Gasteiger partial charge in [-0.15, -0.1) is 5.73 Å². The molecule has 6 aliphatic carbocycles. The van der Waals surface area contributed by atoms with Crippen molar-refractivity contribution in [1.29, 1.82) is 0 Å². The molecule has 6 aliphatic rings. The van der Waals surface area contributed by atoms with Crippen LogP contribution in [-0.4, -0.2) is 0 Å². The van der Waals surface area contributed by atoms with Crippen LogP contribution < -0.4 is 0 Å². The molecule has 6 bridgehead atoms. The normalized spacial score (nSPS) is 63.4. The molecular formula is C26H38. The van der Waals surface area contributed by atoms with Gasteiger partial charge in [-0.05, 0) is 99.4 Å². The van der Waals surface area contributed by atoms with E-state index in [1.54, 1.807) is 0 Å². The average Bonchev–Trinajstić information content (AvgIpc) is 3.04. The molecule has 0 heteroatoms. The summed E-state index contributed by atoms with van der Waals surface area (Å²) in [6, 6.07) is 0. The molecule has 0 aromatic carbocycles. The van der Waals surface area contributed by atoms with Crippen molar-refractivity contribution in [1.82, 2.24) is 0 Å². The van der Waals surface area contributed by atoms with Crippen LogP contribution in [-0.2, 0) is 0 Å². The molecule has 0 amide bonds. The Balaban J connectivity index is 1.54. The van der Waals surface area contributed by atoms with Crippen LogP contribution in [0.1, 0.15) is 55.4 Å². The van der Waals surface area contributed by atoms with Crippen LogP contribution in [0.2, 0.25) is 0 Å². The quantitative estimate of drug-likeness (QED) is 0.355. The summed E-state index contributed by atoms with van der Waals surface area (Å²) in [6.45, 7) is 21.0. The molecule has 12 unspecified atom stereocenters. The monoisotopic (exact) mass is 350 g/mol. The molecule has 5 saturated carbocycles. The molecule has 0 spiro atoms. The van der Waals surface area contributed by atoms with Crippen molar-refractivity contribution < 1.29 is 0 Å². The van der Waals surface area contributed by atoms with Gasteiger partial charge >= 0.3 is 0 Å². The largest absolute Gasteiger partial charge is 0.129 e. The topological polar surface area (TPSA) is 0 Å². The first-order chi connectivity index (χ1) is 12.0. The Hall–Kier alpha value is -0.480. The van der Waals surface area contributed by atoms with E-state index in [0.717, 1.165) is 71.0 Å². The van der Waals surface area contributed by atoms with E-state index < -0.39 is 0 Å². The SMILES string of the molecule is CC1C(C)C2C3C(C1C2(C)C)C1C2C(C4C=C=CC2C4(C)C)C3C1(C)C. The number of hydrogen-bond donors (Lipinski definition) is 0. The Labute approximate surface area is 160 Å². The van der Waals surface area contributed by atoms with Crippen LogP contribution in [0.3, 0.4) is 0 Å². The minimum atomic E-state index is 0.456. The molecule has 142 valence electrons. The summed E-state index contributed by atoms with van der Waals surface area (Å²) in [5.41, 5.74) is 5.19. The fourth-order valence-electron chi connectivity index (χ4n) is 11.6. The number of rotatable bonds is 0. The molecule has 0 heterocycles.